The van der Waals surface area contributed by atoms with Gasteiger partial charge in [0.15, 0.2) is 5.78 Å². The summed E-state index contributed by atoms with van der Waals surface area (Å²) >= 11 is 0. The Hall–Kier alpha value is -1.61. The molecule has 1 heterocycles. The fraction of sp³-hybridized carbons (Fsp3) is 0.550. The van der Waals surface area contributed by atoms with Crippen LogP contribution in [0.25, 0.3) is 0 Å². The minimum absolute atomic E-state index is 0.123. The molecule has 1 fully saturated rings. The number of fused-ring (bicyclic) bond motifs is 1. The number of allylic oxidation sites excluding steroid dienone is 1. The molecule has 124 valence electrons. The molecule has 2 aliphatic rings. The number of likely N-dealkylation sites (N-methyl/N-ethyl adjacent to an activating group) is 2. The zero-order valence-corrected chi connectivity index (χ0v) is 15.0. The Labute approximate surface area is 140 Å². The molecule has 23 heavy (non-hydrogen) atoms. The van der Waals surface area contributed by atoms with E-state index in [0.717, 1.165) is 11.6 Å². The van der Waals surface area contributed by atoms with Crippen LogP contribution in [0.5, 0.6) is 0 Å². The second-order valence-corrected chi connectivity index (χ2v) is 7.69. The van der Waals surface area contributed by atoms with Crippen LogP contribution in [0.1, 0.15) is 39.2 Å². The minimum atomic E-state index is -0.123. The standard InChI is InChI=1S/C20H28N2O/c1-14(15-10-11-15)21(4)13-16(23)12-19-20(2,3)17-8-6-7-9-18(17)22(19)5/h6-9,12,14-15H,10-11,13H2,1-5H3. The van der Waals surface area contributed by atoms with Crippen LogP contribution in [0.4, 0.5) is 5.69 Å². The van der Waals surface area contributed by atoms with Crippen molar-refractivity contribution in [3.63, 3.8) is 0 Å². The summed E-state index contributed by atoms with van der Waals surface area (Å²) in [4.78, 5) is 17.0. The Kier molecular flexibility index (Phi) is 4.09. The van der Waals surface area contributed by atoms with E-state index in [0.29, 0.717) is 12.6 Å². The van der Waals surface area contributed by atoms with Crippen LogP contribution in [0.15, 0.2) is 36.0 Å². The number of hydrogen-bond acceptors (Lipinski definition) is 3. The summed E-state index contributed by atoms with van der Waals surface area (Å²) in [7, 11) is 4.13. The second-order valence-electron chi connectivity index (χ2n) is 7.69. The molecule has 0 amide bonds. The van der Waals surface area contributed by atoms with Crippen molar-refractivity contribution < 1.29 is 4.79 Å². The van der Waals surface area contributed by atoms with Gasteiger partial charge in [-0.05, 0) is 44.4 Å². The molecule has 0 saturated heterocycles. The lowest BCUT2D eigenvalue weighted by Crippen LogP contribution is -2.35. The van der Waals surface area contributed by atoms with E-state index in [1.54, 1.807) is 0 Å². The molecule has 0 bridgehead atoms. The normalized spacial score (nSPS) is 22.5. The van der Waals surface area contributed by atoms with Gasteiger partial charge >= 0.3 is 0 Å². The molecule has 3 heteroatoms. The van der Waals surface area contributed by atoms with Gasteiger partial charge in [-0.1, -0.05) is 32.0 Å². The summed E-state index contributed by atoms with van der Waals surface area (Å²) in [6, 6.07) is 8.93. The van der Waals surface area contributed by atoms with E-state index in [2.05, 4.69) is 68.9 Å². The van der Waals surface area contributed by atoms with Crippen molar-refractivity contribution in [1.29, 1.82) is 0 Å². The first kappa shape index (κ1) is 16.3. The van der Waals surface area contributed by atoms with Crippen LogP contribution in [0.3, 0.4) is 0 Å². The van der Waals surface area contributed by atoms with Crippen molar-refractivity contribution in [2.24, 2.45) is 5.92 Å². The highest BCUT2D eigenvalue weighted by Crippen LogP contribution is 2.46. The van der Waals surface area contributed by atoms with Gasteiger partial charge in [0.1, 0.15) is 0 Å². The van der Waals surface area contributed by atoms with E-state index in [1.165, 1.54) is 24.1 Å². The van der Waals surface area contributed by atoms with Gasteiger partial charge in [0.05, 0.1) is 6.54 Å². The van der Waals surface area contributed by atoms with Crippen molar-refractivity contribution in [1.82, 2.24) is 4.90 Å². The number of carbonyl (C=O) groups is 1. The van der Waals surface area contributed by atoms with Crippen molar-refractivity contribution in [3.05, 3.63) is 41.6 Å². The Morgan fingerprint density at radius 3 is 2.65 bits per heavy atom. The molecule has 0 spiro atoms. The Bertz CT molecular complexity index is 643. The van der Waals surface area contributed by atoms with Gasteiger partial charge < -0.3 is 4.90 Å². The molecule has 3 rings (SSSR count). The summed E-state index contributed by atoms with van der Waals surface area (Å²) < 4.78 is 0. The molecule has 1 aromatic carbocycles. The van der Waals surface area contributed by atoms with E-state index in [1.807, 2.05) is 6.08 Å². The fourth-order valence-electron chi connectivity index (χ4n) is 3.79. The monoisotopic (exact) mass is 312 g/mol. The van der Waals surface area contributed by atoms with Gasteiger partial charge in [0.2, 0.25) is 0 Å². The van der Waals surface area contributed by atoms with Gasteiger partial charge in [-0.25, -0.2) is 0 Å². The highest BCUT2D eigenvalue weighted by Gasteiger charge is 2.38. The molecule has 0 aromatic heterocycles. The molecular weight excluding hydrogens is 284 g/mol. The third kappa shape index (κ3) is 2.94. The number of rotatable bonds is 5. The first-order valence-electron chi connectivity index (χ1n) is 8.61. The van der Waals surface area contributed by atoms with Gasteiger partial charge in [0, 0.05) is 36.0 Å². The summed E-state index contributed by atoms with van der Waals surface area (Å²) in [5.41, 5.74) is 3.47. The third-order valence-corrected chi connectivity index (χ3v) is 5.64. The van der Waals surface area contributed by atoms with E-state index < -0.39 is 0 Å². The quantitative estimate of drug-likeness (QED) is 0.776. The number of ketones is 1. The predicted molar refractivity (Wildman–Crippen MR) is 95.8 cm³/mol. The maximum atomic E-state index is 12.6. The molecule has 1 unspecified atom stereocenters. The molecular formula is C20H28N2O. The predicted octanol–water partition coefficient (Wildman–Crippen LogP) is 3.60. The van der Waals surface area contributed by atoms with E-state index >= 15 is 0 Å². The average Bonchev–Trinajstić information content (AvgIpc) is 3.33. The van der Waals surface area contributed by atoms with Crippen molar-refractivity contribution in [3.8, 4) is 0 Å². The number of para-hydroxylation sites is 1. The van der Waals surface area contributed by atoms with E-state index in [-0.39, 0.29) is 11.2 Å². The summed E-state index contributed by atoms with van der Waals surface area (Å²) in [6.07, 6.45) is 4.48. The molecule has 1 aromatic rings. The van der Waals surface area contributed by atoms with Crippen LogP contribution in [0.2, 0.25) is 0 Å². The highest BCUT2D eigenvalue weighted by molar-refractivity contribution is 5.94. The molecule has 1 saturated carbocycles. The first-order valence-corrected chi connectivity index (χ1v) is 8.61. The molecule has 1 aliphatic heterocycles. The smallest absolute Gasteiger partial charge is 0.171 e. The summed E-state index contributed by atoms with van der Waals surface area (Å²) in [5, 5.41) is 0. The maximum absolute atomic E-state index is 12.6. The molecule has 3 nitrogen and oxygen atoms in total. The van der Waals surface area contributed by atoms with E-state index in [9.17, 15) is 4.79 Å². The number of carbonyl (C=O) groups excluding carboxylic acids is 1. The zero-order valence-electron chi connectivity index (χ0n) is 15.0. The minimum Gasteiger partial charge on any atom is -0.347 e. The lowest BCUT2D eigenvalue weighted by molar-refractivity contribution is -0.116. The van der Waals surface area contributed by atoms with Gasteiger partial charge in [-0.2, -0.15) is 0 Å². The largest absolute Gasteiger partial charge is 0.347 e. The Balaban J connectivity index is 1.78. The number of nitrogens with zero attached hydrogens (tertiary/aromatic N) is 2. The van der Waals surface area contributed by atoms with Crippen LogP contribution in [0, 0.1) is 5.92 Å². The van der Waals surface area contributed by atoms with Gasteiger partial charge in [0.25, 0.3) is 0 Å². The van der Waals surface area contributed by atoms with E-state index in [4.69, 9.17) is 0 Å². The maximum Gasteiger partial charge on any atom is 0.171 e. The fourth-order valence-corrected chi connectivity index (χ4v) is 3.79. The molecule has 1 atom stereocenters. The lowest BCUT2D eigenvalue weighted by Gasteiger charge is -2.26. The molecule has 0 radical (unpaired) electrons. The number of anilines is 1. The van der Waals surface area contributed by atoms with Crippen molar-refractivity contribution in [2.45, 2.75) is 45.1 Å². The van der Waals surface area contributed by atoms with Crippen molar-refractivity contribution >= 4 is 11.5 Å². The third-order valence-electron chi connectivity index (χ3n) is 5.64. The highest BCUT2D eigenvalue weighted by atomic mass is 16.1. The van der Waals surface area contributed by atoms with Crippen LogP contribution in [-0.4, -0.2) is 37.4 Å². The number of hydrogen-bond donors (Lipinski definition) is 0. The zero-order chi connectivity index (χ0) is 16.8. The Morgan fingerprint density at radius 1 is 1.39 bits per heavy atom. The van der Waals surface area contributed by atoms with Crippen LogP contribution in [-0.2, 0) is 10.2 Å². The number of benzene rings is 1. The topological polar surface area (TPSA) is 23.6 Å². The van der Waals surface area contributed by atoms with Gasteiger partial charge in [-0.15, -0.1) is 0 Å². The lowest BCUT2D eigenvalue weighted by atomic mass is 9.83. The summed E-state index contributed by atoms with van der Waals surface area (Å²) in [6.45, 7) is 7.14. The molecule has 0 N–H and O–H groups in total. The van der Waals surface area contributed by atoms with Gasteiger partial charge in [-0.3, -0.25) is 9.69 Å². The molecule has 1 aliphatic carbocycles. The van der Waals surface area contributed by atoms with Crippen LogP contribution >= 0.6 is 0 Å². The SMILES string of the molecule is CC(C1CC1)N(C)CC(=O)C=C1N(C)c2ccccc2C1(C)C. The summed E-state index contributed by atoms with van der Waals surface area (Å²) in [5.74, 6) is 0.984. The van der Waals surface area contributed by atoms with Crippen LogP contribution < -0.4 is 4.90 Å². The average molecular weight is 312 g/mol. The second kappa shape index (κ2) is 5.79. The Morgan fingerprint density at radius 2 is 2.04 bits per heavy atom. The first-order chi connectivity index (χ1) is 10.8. The van der Waals surface area contributed by atoms with Crippen molar-refractivity contribution in [2.75, 3.05) is 25.5 Å².